The van der Waals surface area contributed by atoms with E-state index in [1.165, 1.54) is 5.56 Å². The average Bonchev–Trinajstić information content (AvgIpc) is 2.25. The maximum absolute atomic E-state index is 9.16. The molecule has 0 aliphatic rings. The van der Waals surface area contributed by atoms with Crippen LogP contribution in [0.5, 0.6) is 0 Å². The van der Waals surface area contributed by atoms with Crippen LogP contribution in [-0.2, 0) is 5.41 Å². The van der Waals surface area contributed by atoms with Crippen LogP contribution in [0.1, 0.15) is 26.3 Å². The van der Waals surface area contributed by atoms with Gasteiger partial charge in [-0.3, -0.25) is 0 Å². The fourth-order valence-corrected chi connectivity index (χ4v) is 1.23. The van der Waals surface area contributed by atoms with E-state index >= 15 is 0 Å². The van der Waals surface area contributed by atoms with Crippen LogP contribution >= 0.6 is 0 Å². The molecule has 3 N–H and O–H groups in total. The third-order valence-corrected chi connectivity index (χ3v) is 2.36. The molecule has 0 spiro atoms. The number of pyridine rings is 1. The van der Waals surface area contributed by atoms with Gasteiger partial charge in [0.2, 0.25) is 0 Å². The number of nitrogens with one attached hydrogen (secondary N) is 1. The van der Waals surface area contributed by atoms with Crippen molar-refractivity contribution < 1.29 is 10.2 Å². The van der Waals surface area contributed by atoms with Crippen molar-refractivity contribution in [2.45, 2.75) is 32.3 Å². The second kappa shape index (κ2) is 5.27. The number of hydrogen-bond acceptors (Lipinski definition) is 4. The van der Waals surface area contributed by atoms with Crippen LogP contribution in [0.15, 0.2) is 18.3 Å². The zero-order valence-electron chi connectivity index (χ0n) is 10.1. The maximum atomic E-state index is 9.16. The average molecular weight is 224 g/mol. The summed E-state index contributed by atoms with van der Waals surface area (Å²) in [4.78, 5) is 4.25. The van der Waals surface area contributed by atoms with Crippen molar-refractivity contribution in [3.8, 4) is 0 Å². The number of aromatic nitrogens is 1. The molecule has 90 valence electrons. The highest BCUT2D eigenvalue weighted by atomic mass is 16.3. The van der Waals surface area contributed by atoms with Crippen LogP contribution in [-0.4, -0.2) is 34.5 Å². The lowest BCUT2D eigenvalue weighted by atomic mass is 9.88. The standard InChI is InChI=1S/C12H20N2O2/c1-12(2,3)9-4-5-11(13-6-9)14-7-10(16)8-15/h4-6,10,15-16H,7-8H2,1-3H3,(H,13,14). The number of anilines is 1. The molecule has 1 aromatic heterocycles. The lowest BCUT2D eigenvalue weighted by molar-refractivity contribution is 0.105. The van der Waals surface area contributed by atoms with Crippen molar-refractivity contribution in [2.75, 3.05) is 18.5 Å². The maximum Gasteiger partial charge on any atom is 0.125 e. The molecule has 1 atom stereocenters. The topological polar surface area (TPSA) is 65.4 Å². The van der Waals surface area contributed by atoms with Gasteiger partial charge in [0.25, 0.3) is 0 Å². The van der Waals surface area contributed by atoms with E-state index in [0.717, 1.165) is 0 Å². The molecule has 1 unspecified atom stereocenters. The molecule has 0 amide bonds. The molecule has 0 saturated carbocycles. The normalized spacial score (nSPS) is 13.6. The van der Waals surface area contributed by atoms with E-state index in [9.17, 15) is 0 Å². The van der Waals surface area contributed by atoms with Crippen molar-refractivity contribution >= 4 is 5.82 Å². The van der Waals surface area contributed by atoms with Gasteiger partial charge in [-0.25, -0.2) is 4.98 Å². The number of rotatable bonds is 4. The molecular weight excluding hydrogens is 204 g/mol. The fourth-order valence-electron chi connectivity index (χ4n) is 1.23. The summed E-state index contributed by atoms with van der Waals surface area (Å²) < 4.78 is 0. The Morgan fingerprint density at radius 3 is 2.50 bits per heavy atom. The SMILES string of the molecule is CC(C)(C)c1ccc(NCC(O)CO)nc1. The summed E-state index contributed by atoms with van der Waals surface area (Å²) in [6.45, 7) is 6.46. The summed E-state index contributed by atoms with van der Waals surface area (Å²) in [5.74, 6) is 0.709. The van der Waals surface area contributed by atoms with Crippen molar-refractivity contribution in [2.24, 2.45) is 0 Å². The second-order valence-electron chi connectivity index (χ2n) is 4.90. The second-order valence-corrected chi connectivity index (χ2v) is 4.90. The minimum Gasteiger partial charge on any atom is -0.394 e. The van der Waals surface area contributed by atoms with Crippen LogP contribution in [0.3, 0.4) is 0 Å². The summed E-state index contributed by atoms with van der Waals surface area (Å²) in [6, 6.07) is 3.89. The Kier molecular flexibility index (Phi) is 4.26. The molecule has 0 aliphatic carbocycles. The largest absolute Gasteiger partial charge is 0.394 e. The first-order chi connectivity index (χ1) is 7.43. The molecule has 1 rings (SSSR count). The highest BCUT2D eigenvalue weighted by Gasteiger charge is 2.13. The van der Waals surface area contributed by atoms with Crippen molar-refractivity contribution in [1.82, 2.24) is 4.98 Å². The van der Waals surface area contributed by atoms with Gasteiger partial charge >= 0.3 is 0 Å². The highest BCUT2D eigenvalue weighted by molar-refractivity contribution is 5.37. The molecule has 1 aromatic rings. The Bertz CT molecular complexity index is 317. The van der Waals surface area contributed by atoms with Gasteiger partial charge in [0.1, 0.15) is 5.82 Å². The third-order valence-electron chi connectivity index (χ3n) is 2.36. The van der Waals surface area contributed by atoms with E-state index in [2.05, 4.69) is 31.1 Å². The van der Waals surface area contributed by atoms with Gasteiger partial charge in [0.15, 0.2) is 0 Å². The lowest BCUT2D eigenvalue weighted by Gasteiger charge is -2.18. The summed E-state index contributed by atoms with van der Waals surface area (Å²) in [5, 5.41) is 20.8. The first kappa shape index (κ1) is 12.9. The Balaban J connectivity index is 2.58. The zero-order valence-corrected chi connectivity index (χ0v) is 10.1. The van der Waals surface area contributed by atoms with E-state index in [1.807, 2.05) is 18.3 Å². The van der Waals surface area contributed by atoms with Gasteiger partial charge < -0.3 is 15.5 Å². The Morgan fingerprint density at radius 2 is 2.06 bits per heavy atom. The minimum absolute atomic E-state index is 0.0934. The lowest BCUT2D eigenvalue weighted by Crippen LogP contribution is -2.23. The van der Waals surface area contributed by atoms with Gasteiger partial charge in [-0.05, 0) is 17.0 Å². The van der Waals surface area contributed by atoms with Crippen molar-refractivity contribution in [3.63, 3.8) is 0 Å². The number of aliphatic hydroxyl groups excluding tert-OH is 2. The molecule has 0 aliphatic heterocycles. The molecule has 1 heterocycles. The van der Waals surface area contributed by atoms with E-state index in [1.54, 1.807) is 0 Å². The summed E-state index contributed by atoms with van der Waals surface area (Å²) in [5.41, 5.74) is 1.26. The summed E-state index contributed by atoms with van der Waals surface area (Å²) in [7, 11) is 0. The van der Waals surface area contributed by atoms with Gasteiger partial charge in [0.05, 0.1) is 12.7 Å². The number of aliphatic hydroxyl groups is 2. The van der Waals surface area contributed by atoms with Crippen molar-refractivity contribution in [1.29, 1.82) is 0 Å². The molecule has 0 saturated heterocycles. The first-order valence-corrected chi connectivity index (χ1v) is 5.43. The Hall–Kier alpha value is -1.13. The molecule has 16 heavy (non-hydrogen) atoms. The van der Waals surface area contributed by atoms with Crippen LogP contribution in [0.25, 0.3) is 0 Å². The molecule has 0 bridgehead atoms. The highest BCUT2D eigenvalue weighted by Crippen LogP contribution is 2.21. The first-order valence-electron chi connectivity index (χ1n) is 5.43. The molecule has 0 fully saturated rings. The molecule has 0 aromatic carbocycles. The number of hydrogen-bond donors (Lipinski definition) is 3. The molecule has 4 nitrogen and oxygen atoms in total. The third kappa shape index (κ3) is 3.79. The molecular formula is C12H20N2O2. The minimum atomic E-state index is -0.746. The smallest absolute Gasteiger partial charge is 0.125 e. The van der Waals surface area contributed by atoms with Gasteiger partial charge in [-0.2, -0.15) is 0 Å². The summed E-state index contributed by atoms with van der Waals surface area (Å²) in [6.07, 6.45) is 1.08. The quantitative estimate of drug-likeness (QED) is 0.717. The Labute approximate surface area is 96.3 Å². The van der Waals surface area contributed by atoms with E-state index in [4.69, 9.17) is 10.2 Å². The van der Waals surface area contributed by atoms with Crippen LogP contribution in [0.4, 0.5) is 5.82 Å². The van der Waals surface area contributed by atoms with Crippen LogP contribution in [0, 0.1) is 0 Å². The van der Waals surface area contributed by atoms with E-state index in [-0.39, 0.29) is 12.0 Å². The van der Waals surface area contributed by atoms with Gasteiger partial charge in [-0.1, -0.05) is 26.8 Å². The summed E-state index contributed by atoms with van der Waals surface area (Å²) >= 11 is 0. The van der Waals surface area contributed by atoms with E-state index < -0.39 is 6.10 Å². The molecule has 4 heteroatoms. The zero-order chi connectivity index (χ0) is 12.2. The van der Waals surface area contributed by atoms with Crippen molar-refractivity contribution in [3.05, 3.63) is 23.9 Å². The predicted octanol–water partition coefficient (Wildman–Crippen LogP) is 1.14. The van der Waals surface area contributed by atoms with Crippen LogP contribution in [0.2, 0.25) is 0 Å². The fraction of sp³-hybridized carbons (Fsp3) is 0.583. The monoisotopic (exact) mass is 224 g/mol. The van der Waals surface area contributed by atoms with E-state index in [0.29, 0.717) is 12.4 Å². The van der Waals surface area contributed by atoms with Crippen LogP contribution < -0.4 is 5.32 Å². The molecule has 0 radical (unpaired) electrons. The predicted molar refractivity (Wildman–Crippen MR) is 64.5 cm³/mol. The number of nitrogens with zero attached hydrogens (tertiary/aromatic N) is 1. The van der Waals surface area contributed by atoms with Gasteiger partial charge in [0, 0.05) is 12.7 Å². The van der Waals surface area contributed by atoms with Gasteiger partial charge in [-0.15, -0.1) is 0 Å². The Morgan fingerprint density at radius 1 is 1.38 bits per heavy atom.